The molecule has 1 aliphatic heterocycles. The molecule has 0 radical (unpaired) electrons. The van der Waals surface area contributed by atoms with Gasteiger partial charge in [-0.3, -0.25) is 0 Å². The highest BCUT2D eigenvalue weighted by molar-refractivity contribution is 7.19. The van der Waals surface area contributed by atoms with E-state index < -0.39 is 17.7 Å². The van der Waals surface area contributed by atoms with Crippen LogP contribution in [0, 0.1) is 0 Å². The lowest BCUT2D eigenvalue weighted by molar-refractivity contribution is -0.244. The van der Waals surface area contributed by atoms with Crippen molar-refractivity contribution in [3.63, 3.8) is 0 Å². The largest absolute Gasteiger partial charge is 0.419 e. The molecule has 2 N–H and O–H groups in total. The molecule has 0 unspecified atom stereocenters. The molecule has 2 fully saturated rings. The second-order valence-corrected chi connectivity index (χ2v) is 7.06. The number of carbonyl (C=O) groups is 2. The van der Waals surface area contributed by atoms with Crippen LogP contribution in [0.15, 0.2) is 29.8 Å². The Bertz CT molecular complexity index is 809. The van der Waals surface area contributed by atoms with Crippen LogP contribution in [-0.4, -0.2) is 22.7 Å². The molecule has 2 heterocycles. The van der Waals surface area contributed by atoms with E-state index in [0.29, 0.717) is 17.8 Å². The van der Waals surface area contributed by atoms with Crippen LogP contribution in [0.3, 0.4) is 0 Å². The second kappa shape index (κ2) is 5.59. The van der Waals surface area contributed by atoms with E-state index in [-0.39, 0.29) is 11.3 Å². The first-order chi connectivity index (χ1) is 11.6. The summed E-state index contributed by atoms with van der Waals surface area (Å²) in [6.07, 6.45) is 3.87. The van der Waals surface area contributed by atoms with Crippen LogP contribution in [0.2, 0.25) is 0 Å². The van der Waals surface area contributed by atoms with Gasteiger partial charge in [-0.2, -0.15) is 0 Å². The van der Waals surface area contributed by atoms with Crippen LogP contribution >= 0.6 is 11.3 Å². The van der Waals surface area contributed by atoms with E-state index in [2.05, 4.69) is 4.98 Å². The maximum atomic E-state index is 12.4. The number of aromatic nitrogens is 1. The van der Waals surface area contributed by atoms with Gasteiger partial charge in [0.1, 0.15) is 5.01 Å². The van der Waals surface area contributed by atoms with Gasteiger partial charge >= 0.3 is 11.9 Å². The molecule has 24 heavy (non-hydrogen) atoms. The minimum absolute atomic E-state index is 0.0110. The summed E-state index contributed by atoms with van der Waals surface area (Å²) in [6.45, 7) is 0. The van der Waals surface area contributed by atoms with Crippen LogP contribution in [0.25, 0.3) is 15.9 Å². The topological polar surface area (TPSA) is 91.5 Å². The van der Waals surface area contributed by atoms with E-state index in [9.17, 15) is 9.59 Å². The Labute approximate surface area is 142 Å². The second-order valence-electron chi connectivity index (χ2n) is 6.03. The van der Waals surface area contributed by atoms with Crippen LogP contribution < -0.4 is 5.73 Å². The van der Waals surface area contributed by atoms with E-state index >= 15 is 0 Å². The average molecular weight is 344 g/mol. The Kier molecular flexibility index (Phi) is 3.53. The Morgan fingerprint density at radius 1 is 1.08 bits per heavy atom. The Balaban J connectivity index is 1.70. The summed E-state index contributed by atoms with van der Waals surface area (Å²) in [7, 11) is 0. The van der Waals surface area contributed by atoms with E-state index in [4.69, 9.17) is 15.2 Å². The number of hydrogen-bond donors (Lipinski definition) is 1. The van der Waals surface area contributed by atoms with Crippen molar-refractivity contribution < 1.29 is 19.1 Å². The molecule has 2 aliphatic rings. The lowest BCUT2D eigenvalue weighted by atomic mass is 9.93. The van der Waals surface area contributed by atoms with Crippen molar-refractivity contribution in [2.75, 3.05) is 0 Å². The van der Waals surface area contributed by atoms with Crippen molar-refractivity contribution >= 4 is 39.2 Å². The lowest BCUT2D eigenvalue weighted by Gasteiger charge is -2.38. The van der Waals surface area contributed by atoms with Gasteiger partial charge < -0.3 is 15.2 Å². The molecule has 0 bridgehead atoms. The number of nitrogens with two attached hydrogens (primary N) is 1. The molecule has 1 saturated heterocycles. The standard InChI is InChI=1S/C17H16N2O4S/c18-13(14-19-10-6-2-3-7-11(10)24-14)12-15(20)22-17(23-16(12)21)8-4-1-5-9-17/h2-3,6-7H,1,4-5,8-9,18H2. The average Bonchev–Trinajstić information content (AvgIpc) is 2.98. The molecule has 0 amide bonds. The molecule has 1 spiro atoms. The van der Waals surface area contributed by atoms with Gasteiger partial charge in [0.05, 0.1) is 15.9 Å². The number of esters is 2. The molecule has 1 aromatic heterocycles. The van der Waals surface area contributed by atoms with Crippen LogP contribution in [0.1, 0.15) is 37.1 Å². The molecule has 124 valence electrons. The fourth-order valence-corrected chi connectivity index (χ4v) is 4.08. The number of para-hydroxylation sites is 1. The summed E-state index contributed by atoms with van der Waals surface area (Å²) in [6, 6.07) is 7.51. The zero-order chi connectivity index (χ0) is 16.7. The van der Waals surface area contributed by atoms with Crippen molar-refractivity contribution in [3.05, 3.63) is 34.8 Å². The van der Waals surface area contributed by atoms with Crippen LogP contribution in [0.5, 0.6) is 0 Å². The third kappa shape index (κ3) is 2.45. The van der Waals surface area contributed by atoms with Gasteiger partial charge in [-0.1, -0.05) is 18.6 Å². The molecule has 1 aromatic carbocycles. The maximum absolute atomic E-state index is 12.4. The Morgan fingerprint density at radius 2 is 1.75 bits per heavy atom. The molecule has 2 aromatic rings. The van der Waals surface area contributed by atoms with Crippen molar-refractivity contribution in [3.8, 4) is 0 Å². The predicted molar refractivity (Wildman–Crippen MR) is 88.7 cm³/mol. The quantitative estimate of drug-likeness (QED) is 0.486. The number of ether oxygens (including phenoxy) is 2. The van der Waals surface area contributed by atoms with E-state index in [1.807, 2.05) is 24.3 Å². The van der Waals surface area contributed by atoms with E-state index in [1.54, 1.807) is 0 Å². The lowest BCUT2D eigenvalue weighted by Crippen LogP contribution is -2.48. The summed E-state index contributed by atoms with van der Waals surface area (Å²) in [5.74, 6) is -2.54. The highest BCUT2D eigenvalue weighted by atomic mass is 32.1. The molecule has 7 heteroatoms. The number of carbonyl (C=O) groups excluding carboxylic acids is 2. The molecule has 0 atom stereocenters. The van der Waals surface area contributed by atoms with Crippen LogP contribution in [-0.2, 0) is 19.1 Å². The van der Waals surface area contributed by atoms with Crippen molar-refractivity contribution in [2.45, 2.75) is 37.9 Å². The van der Waals surface area contributed by atoms with Gasteiger partial charge in [0.25, 0.3) is 5.79 Å². The first-order valence-electron chi connectivity index (χ1n) is 7.90. The third-order valence-electron chi connectivity index (χ3n) is 4.37. The van der Waals surface area contributed by atoms with E-state index in [0.717, 1.165) is 29.5 Å². The minimum atomic E-state index is -1.11. The first-order valence-corrected chi connectivity index (χ1v) is 8.72. The van der Waals surface area contributed by atoms with E-state index in [1.165, 1.54) is 11.3 Å². The Hall–Kier alpha value is -2.41. The first kappa shape index (κ1) is 15.1. The van der Waals surface area contributed by atoms with Gasteiger partial charge in [-0.15, -0.1) is 11.3 Å². The smallest absolute Gasteiger partial charge is 0.351 e. The monoisotopic (exact) mass is 344 g/mol. The minimum Gasteiger partial charge on any atom is -0.419 e. The fourth-order valence-electron chi connectivity index (χ4n) is 3.15. The molecule has 1 saturated carbocycles. The highest BCUT2D eigenvalue weighted by Gasteiger charge is 2.47. The summed E-state index contributed by atoms with van der Waals surface area (Å²) < 4.78 is 11.9. The number of fused-ring (bicyclic) bond motifs is 1. The number of benzene rings is 1. The van der Waals surface area contributed by atoms with Gasteiger partial charge in [-0.05, 0) is 25.0 Å². The van der Waals surface area contributed by atoms with Gasteiger partial charge in [0.15, 0.2) is 5.57 Å². The summed E-state index contributed by atoms with van der Waals surface area (Å²) in [5.41, 5.74) is 6.58. The normalized spacial score (nSPS) is 20.1. The van der Waals surface area contributed by atoms with Crippen molar-refractivity contribution in [2.24, 2.45) is 5.73 Å². The van der Waals surface area contributed by atoms with Crippen molar-refractivity contribution in [1.82, 2.24) is 4.98 Å². The van der Waals surface area contributed by atoms with Gasteiger partial charge in [0.2, 0.25) is 0 Å². The van der Waals surface area contributed by atoms with Gasteiger partial charge in [-0.25, -0.2) is 14.6 Å². The predicted octanol–water partition coefficient (Wildman–Crippen LogP) is 2.73. The number of thiazole rings is 1. The number of nitrogens with zero attached hydrogens (tertiary/aromatic N) is 1. The molecular formula is C17H16N2O4S. The molecule has 1 aliphatic carbocycles. The van der Waals surface area contributed by atoms with Crippen molar-refractivity contribution in [1.29, 1.82) is 0 Å². The Morgan fingerprint density at radius 3 is 2.42 bits per heavy atom. The summed E-state index contributed by atoms with van der Waals surface area (Å²) >= 11 is 1.32. The fraction of sp³-hybridized carbons (Fsp3) is 0.353. The molecular weight excluding hydrogens is 328 g/mol. The molecule has 4 rings (SSSR count). The SMILES string of the molecule is NC(=C1C(=O)OC2(CCCCC2)OC1=O)c1nc2ccccc2s1. The third-order valence-corrected chi connectivity index (χ3v) is 5.44. The maximum Gasteiger partial charge on any atom is 0.351 e. The van der Waals surface area contributed by atoms with Gasteiger partial charge in [0, 0.05) is 12.8 Å². The van der Waals surface area contributed by atoms with Crippen LogP contribution in [0.4, 0.5) is 0 Å². The molecule has 6 nitrogen and oxygen atoms in total. The summed E-state index contributed by atoms with van der Waals surface area (Å²) in [5, 5.41) is 0.416. The zero-order valence-electron chi connectivity index (χ0n) is 12.9. The highest BCUT2D eigenvalue weighted by Crippen LogP contribution is 2.38. The summed E-state index contributed by atoms with van der Waals surface area (Å²) in [4.78, 5) is 29.2. The number of rotatable bonds is 1. The zero-order valence-corrected chi connectivity index (χ0v) is 13.7. The number of hydrogen-bond acceptors (Lipinski definition) is 7.